The second-order valence-corrected chi connectivity index (χ2v) is 4.80. The van der Waals surface area contributed by atoms with Crippen LogP contribution in [0.2, 0.25) is 5.02 Å². The third-order valence-corrected chi connectivity index (χ3v) is 3.19. The number of benzene rings is 1. The number of nitrogens with zero attached hydrogens (tertiary/aromatic N) is 3. The van der Waals surface area contributed by atoms with Crippen LogP contribution in [0.25, 0.3) is 11.5 Å². The first kappa shape index (κ1) is 13.6. The molecule has 0 fully saturated rings. The molecule has 0 radical (unpaired) electrons. The number of para-hydroxylation sites is 1. The van der Waals surface area contributed by atoms with E-state index in [1.165, 1.54) is 0 Å². The molecule has 0 saturated carbocycles. The van der Waals surface area contributed by atoms with Gasteiger partial charge in [0.1, 0.15) is 5.69 Å². The van der Waals surface area contributed by atoms with Gasteiger partial charge in [0, 0.05) is 24.8 Å². The zero-order valence-corrected chi connectivity index (χ0v) is 11.9. The Morgan fingerprint density at radius 1 is 1.10 bits per heavy atom. The monoisotopic (exact) mass is 300 g/mol. The van der Waals surface area contributed by atoms with Gasteiger partial charge in [-0.05, 0) is 24.3 Å². The van der Waals surface area contributed by atoms with Crippen LogP contribution in [0.3, 0.4) is 0 Å². The molecule has 0 atom stereocenters. The quantitative estimate of drug-likeness (QED) is 0.782. The van der Waals surface area contributed by atoms with Gasteiger partial charge in [-0.1, -0.05) is 35.0 Å². The van der Waals surface area contributed by atoms with E-state index in [0.717, 1.165) is 5.69 Å². The Kier molecular flexibility index (Phi) is 4.12. The molecule has 6 heteroatoms. The van der Waals surface area contributed by atoms with E-state index in [1.807, 2.05) is 30.3 Å². The van der Waals surface area contributed by atoms with Gasteiger partial charge in [-0.2, -0.15) is 4.98 Å². The highest BCUT2D eigenvalue weighted by molar-refractivity contribution is 6.32. The molecule has 106 valence electrons. The third kappa shape index (κ3) is 3.38. The maximum Gasteiger partial charge on any atom is 0.228 e. The lowest BCUT2D eigenvalue weighted by molar-refractivity contribution is 0.381. The number of hydrogen-bond donors (Lipinski definition) is 1. The van der Waals surface area contributed by atoms with Crippen LogP contribution >= 0.6 is 11.6 Å². The average Bonchev–Trinajstić information content (AvgIpc) is 2.97. The normalized spacial score (nSPS) is 10.5. The minimum absolute atomic E-state index is 0.412. The van der Waals surface area contributed by atoms with Gasteiger partial charge < -0.3 is 9.84 Å². The summed E-state index contributed by atoms with van der Waals surface area (Å²) in [5.74, 6) is 0.963. The summed E-state index contributed by atoms with van der Waals surface area (Å²) in [6, 6.07) is 13.5. The second kappa shape index (κ2) is 6.37. The van der Waals surface area contributed by atoms with Crippen LogP contribution in [0.1, 0.15) is 5.89 Å². The predicted molar refractivity (Wildman–Crippen MR) is 81.2 cm³/mol. The largest absolute Gasteiger partial charge is 0.385 e. The summed E-state index contributed by atoms with van der Waals surface area (Å²) in [7, 11) is 0. The van der Waals surface area contributed by atoms with Crippen molar-refractivity contribution in [2.75, 3.05) is 11.9 Å². The van der Waals surface area contributed by atoms with Crippen molar-refractivity contribution in [1.29, 1.82) is 0 Å². The van der Waals surface area contributed by atoms with Crippen LogP contribution < -0.4 is 5.32 Å². The van der Waals surface area contributed by atoms with Gasteiger partial charge in [0.25, 0.3) is 0 Å². The van der Waals surface area contributed by atoms with Gasteiger partial charge >= 0.3 is 0 Å². The second-order valence-electron chi connectivity index (χ2n) is 4.39. The molecular formula is C15H13ClN4O. The van der Waals surface area contributed by atoms with Crippen molar-refractivity contribution < 1.29 is 4.52 Å². The van der Waals surface area contributed by atoms with Crippen molar-refractivity contribution in [1.82, 2.24) is 15.1 Å². The van der Waals surface area contributed by atoms with Crippen LogP contribution in [0.4, 0.5) is 5.69 Å². The highest BCUT2D eigenvalue weighted by Crippen LogP contribution is 2.22. The van der Waals surface area contributed by atoms with Crippen LogP contribution in [0.15, 0.2) is 53.2 Å². The van der Waals surface area contributed by atoms with E-state index in [2.05, 4.69) is 20.4 Å². The first-order valence-electron chi connectivity index (χ1n) is 6.55. The Bertz CT molecular complexity index is 714. The van der Waals surface area contributed by atoms with E-state index in [9.17, 15) is 0 Å². The van der Waals surface area contributed by atoms with Crippen LogP contribution in [0, 0.1) is 0 Å². The molecule has 0 aliphatic carbocycles. The fourth-order valence-corrected chi connectivity index (χ4v) is 2.08. The van der Waals surface area contributed by atoms with Crippen molar-refractivity contribution in [2.24, 2.45) is 0 Å². The van der Waals surface area contributed by atoms with Gasteiger partial charge in [0.15, 0.2) is 0 Å². The molecule has 1 N–H and O–H groups in total. The fraction of sp³-hybridized carbons (Fsp3) is 0.133. The van der Waals surface area contributed by atoms with E-state index < -0.39 is 0 Å². The van der Waals surface area contributed by atoms with Gasteiger partial charge in [0.05, 0.1) is 5.02 Å². The molecule has 0 unspecified atom stereocenters. The molecule has 21 heavy (non-hydrogen) atoms. The number of hydrogen-bond acceptors (Lipinski definition) is 5. The summed E-state index contributed by atoms with van der Waals surface area (Å²) in [6.45, 7) is 0.710. The Hall–Kier alpha value is -2.40. The Morgan fingerprint density at radius 2 is 1.95 bits per heavy atom. The zero-order chi connectivity index (χ0) is 14.5. The molecular weight excluding hydrogens is 288 g/mol. The number of anilines is 1. The van der Waals surface area contributed by atoms with E-state index in [1.54, 1.807) is 18.3 Å². The van der Waals surface area contributed by atoms with E-state index in [0.29, 0.717) is 35.4 Å². The van der Waals surface area contributed by atoms with Crippen LogP contribution in [-0.2, 0) is 6.42 Å². The molecule has 0 amide bonds. The van der Waals surface area contributed by atoms with Gasteiger partial charge in [0.2, 0.25) is 11.7 Å². The number of aromatic nitrogens is 3. The predicted octanol–water partition coefficient (Wildman–Crippen LogP) is 3.44. The van der Waals surface area contributed by atoms with Gasteiger partial charge in [-0.15, -0.1) is 0 Å². The van der Waals surface area contributed by atoms with Crippen molar-refractivity contribution in [3.8, 4) is 11.5 Å². The molecule has 0 aliphatic rings. The zero-order valence-electron chi connectivity index (χ0n) is 11.2. The molecule has 3 aromatic rings. The minimum atomic E-state index is 0.412. The number of nitrogens with one attached hydrogen (secondary N) is 1. The van der Waals surface area contributed by atoms with Gasteiger partial charge in [-0.3, -0.25) is 4.98 Å². The van der Waals surface area contributed by atoms with E-state index in [-0.39, 0.29) is 0 Å². The lowest BCUT2D eigenvalue weighted by atomic mass is 10.3. The molecule has 2 aromatic heterocycles. The molecule has 0 spiro atoms. The summed E-state index contributed by atoms with van der Waals surface area (Å²) in [4.78, 5) is 8.46. The number of pyridine rings is 1. The lowest BCUT2D eigenvalue weighted by Gasteiger charge is -2.02. The first-order valence-corrected chi connectivity index (χ1v) is 6.93. The Labute approximate surface area is 127 Å². The summed E-state index contributed by atoms with van der Waals surface area (Å²) < 4.78 is 5.21. The van der Waals surface area contributed by atoms with Crippen LogP contribution in [-0.4, -0.2) is 21.7 Å². The topological polar surface area (TPSA) is 63.8 Å². The van der Waals surface area contributed by atoms with Crippen molar-refractivity contribution in [3.05, 3.63) is 59.6 Å². The molecule has 1 aromatic carbocycles. The summed E-state index contributed by atoms with van der Waals surface area (Å²) >= 11 is 6.06. The minimum Gasteiger partial charge on any atom is -0.385 e. The highest BCUT2D eigenvalue weighted by atomic mass is 35.5. The standard InChI is InChI=1S/C15H13ClN4O/c16-12-7-4-9-18-14(12)15-19-13(21-20-15)8-10-17-11-5-2-1-3-6-11/h1-7,9,17H,8,10H2. The van der Waals surface area contributed by atoms with Crippen LogP contribution in [0.5, 0.6) is 0 Å². The maximum absolute atomic E-state index is 6.06. The molecule has 0 aliphatic heterocycles. The first-order chi connectivity index (χ1) is 10.3. The molecule has 3 rings (SSSR count). The maximum atomic E-state index is 6.06. The van der Waals surface area contributed by atoms with Crippen molar-refractivity contribution in [3.63, 3.8) is 0 Å². The smallest absolute Gasteiger partial charge is 0.228 e. The molecule has 5 nitrogen and oxygen atoms in total. The summed E-state index contributed by atoms with van der Waals surface area (Å²) in [5, 5.41) is 7.70. The summed E-state index contributed by atoms with van der Waals surface area (Å²) in [5.41, 5.74) is 1.59. The lowest BCUT2D eigenvalue weighted by Crippen LogP contribution is -2.04. The molecule has 0 saturated heterocycles. The Balaban J connectivity index is 1.62. The number of halogens is 1. The van der Waals surface area contributed by atoms with E-state index in [4.69, 9.17) is 16.1 Å². The SMILES string of the molecule is Clc1cccnc1-c1noc(CCNc2ccccc2)n1. The van der Waals surface area contributed by atoms with Crippen molar-refractivity contribution >= 4 is 17.3 Å². The fourth-order valence-electron chi connectivity index (χ4n) is 1.87. The number of rotatable bonds is 5. The van der Waals surface area contributed by atoms with Gasteiger partial charge in [-0.25, -0.2) is 0 Å². The van der Waals surface area contributed by atoms with Crippen molar-refractivity contribution in [2.45, 2.75) is 6.42 Å². The summed E-state index contributed by atoms with van der Waals surface area (Å²) in [6.07, 6.45) is 2.28. The molecule has 0 bridgehead atoms. The third-order valence-electron chi connectivity index (χ3n) is 2.88. The van der Waals surface area contributed by atoms with E-state index >= 15 is 0 Å². The molecule has 2 heterocycles. The Morgan fingerprint density at radius 3 is 2.76 bits per heavy atom. The average molecular weight is 301 g/mol. The highest BCUT2D eigenvalue weighted by Gasteiger charge is 2.12.